The molecule has 32 heavy (non-hydrogen) atoms. The number of benzene rings is 2. The van der Waals surface area contributed by atoms with Gasteiger partial charge in [0.25, 0.3) is 0 Å². The molecule has 3 N–H and O–H groups in total. The van der Waals surface area contributed by atoms with Gasteiger partial charge in [-0.15, -0.1) is 0 Å². The van der Waals surface area contributed by atoms with Crippen molar-refractivity contribution in [2.75, 3.05) is 31.6 Å². The molecule has 0 radical (unpaired) electrons. The molecule has 0 atom stereocenters. The molecule has 1 saturated heterocycles. The van der Waals surface area contributed by atoms with Crippen LogP contribution >= 0.6 is 12.2 Å². The van der Waals surface area contributed by atoms with Crippen molar-refractivity contribution >= 4 is 38.7 Å². The summed E-state index contributed by atoms with van der Waals surface area (Å²) < 4.78 is 32.2. The molecule has 9 heteroatoms. The first-order chi connectivity index (χ1) is 15.3. The molecule has 170 valence electrons. The van der Waals surface area contributed by atoms with E-state index in [0.717, 1.165) is 18.5 Å². The van der Waals surface area contributed by atoms with E-state index >= 15 is 0 Å². The molecule has 2 aromatic rings. The highest BCUT2D eigenvalue weighted by Crippen LogP contribution is 2.28. The summed E-state index contributed by atoms with van der Waals surface area (Å²) in [6.07, 6.45) is 4.18. The van der Waals surface area contributed by atoms with Gasteiger partial charge in [-0.25, -0.2) is 8.42 Å². The molecule has 4 rings (SSSR count). The standard InChI is InChI=1S/C23H28N4O3S2/c1-16-14-17(2)20-4-3-5-22(21(20)15-16)25-26-23(31)24-18-6-8-19(9-7-18)32(28,29)27-10-12-30-13-11-27/h5-9,14-15,25H,3-4,10-13H2,1-2H3,(H2,24,26,31). The fraction of sp³-hybridized carbons (Fsp3) is 0.348. The van der Waals surface area contributed by atoms with Crippen LogP contribution in [0.25, 0.3) is 5.70 Å². The van der Waals surface area contributed by atoms with Crippen molar-refractivity contribution in [3.8, 4) is 0 Å². The number of allylic oxidation sites excluding steroid dienone is 1. The maximum Gasteiger partial charge on any atom is 0.243 e. The number of thiocarbonyl (C=S) groups is 1. The highest BCUT2D eigenvalue weighted by Gasteiger charge is 2.26. The van der Waals surface area contributed by atoms with Crippen molar-refractivity contribution in [1.82, 2.24) is 15.2 Å². The molecule has 0 bridgehead atoms. The van der Waals surface area contributed by atoms with Crippen LogP contribution in [-0.2, 0) is 21.2 Å². The molecule has 1 heterocycles. The Morgan fingerprint density at radius 3 is 2.53 bits per heavy atom. The van der Waals surface area contributed by atoms with Gasteiger partial charge in [0.15, 0.2) is 5.11 Å². The van der Waals surface area contributed by atoms with Crippen molar-refractivity contribution in [3.05, 3.63) is 64.7 Å². The number of nitrogens with zero attached hydrogens (tertiary/aromatic N) is 1. The average molecular weight is 473 g/mol. The molecule has 2 aromatic carbocycles. The first kappa shape index (κ1) is 22.7. The van der Waals surface area contributed by atoms with Gasteiger partial charge in [0, 0.05) is 24.3 Å². The summed E-state index contributed by atoms with van der Waals surface area (Å²) >= 11 is 5.41. The number of sulfonamides is 1. The Balaban J connectivity index is 1.37. The van der Waals surface area contributed by atoms with Crippen molar-refractivity contribution in [1.29, 1.82) is 0 Å². The first-order valence-corrected chi connectivity index (χ1v) is 12.5. The molecule has 1 fully saturated rings. The van der Waals surface area contributed by atoms with Crippen LogP contribution in [0.4, 0.5) is 5.69 Å². The summed E-state index contributed by atoms with van der Waals surface area (Å²) in [5.41, 5.74) is 13.1. The van der Waals surface area contributed by atoms with E-state index in [0.29, 0.717) is 37.1 Å². The molecule has 7 nitrogen and oxygen atoms in total. The van der Waals surface area contributed by atoms with Crippen LogP contribution in [0.3, 0.4) is 0 Å². The van der Waals surface area contributed by atoms with Crippen molar-refractivity contribution in [2.24, 2.45) is 0 Å². The summed E-state index contributed by atoms with van der Waals surface area (Å²) in [5, 5.41) is 3.48. The lowest BCUT2D eigenvalue weighted by atomic mass is 9.90. The molecule has 2 aliphatic rings. The van der Waals surface area contributed by atoms with Gasteiger partial charge in [-0.05, 0) is 80.4 Å². The molecule has 0 unspecified atom stereocenters. The van der Waals surface area contributed by atoms with E-state index in [1.807, 2.05) is 0 Å². The number of rotatable bonds is 5. The number of hydrazine groups is 1. The molecule has 0 aromatic heterocycles. The zero-order valence-corrected chi connectivity index (χ0v) is 19.9. The summed E-state index contributed by atoms with van der Waals surface area (Å²) in [5.74, 6) is 0. The minimum absolute atomic E-state index is 0.261. The number of morpholine rings is 1. The number of anilines is 1. The lowest BCUT2D eigenvalue weighted by Gasteiger charge is -2.26. The second kappa shape index (κ2) is 9.58. The van der Waals surface area contributed by atoms with Crippen LogP contribution in [0.1, 0.15) is 28.7 Å². The predicted octanol–water partition coefficient (Wildman–Crippen LogP) is 3.10. The lowest BCUT2D eigenvalue weighted by Crippen LogP contribution is -2.40. The minimum atomic E-state index is -3.51. The van der Waals surface area contributed by atoms with E-state index in [-0.39, 0.29) is 4.90 Å². The number of hydrogen-bond acceptors (Lipinski definition) is 5. The molecule has 1 aliphatic carbocycles. The van der Waals surface area contributed by atoms with Crippen LogP contribution in [0.5, 0.6) is 0 Å². The highest BCUT2D eigenvalue weighted by atomic mass is 32.2. The van der Waals surface area contributed by atoms with Gasteiger partial charge in [-0.3, -0.25) is 10.9 Å². The maximum absolute atomic E-state index is 12.7. The summed E-state index contributed by atoms with van der Waals surface area (Å²) in [6.45, 7) is 5.84. The van der Waals surface area contributed by atoms with Crippen LogP contribution in [0.2, 0.25) is 0 Å². The van der Waals surface area contributed by atoms with Gasteiger partial charge in [-0.2, -0.15) is 4.31 Å². The molecular weight excluding hydrogens is 444 g/mol. The van der Waals surface area contributed by atoms with Gasteiger partial charge in [-0.1, -0.05) is 17.7 Å². The van der Waals surface area contributed by atoms with Gasteiger partial charge in [0.2, 0.25) is 10.0 Å². The average Bonchev–Trinajstić information content (AvgIpc) is 2.79. The van der Waals surface area contributed by atoms with E-state index in [4.69, 9.17) is 17.0 Å². The predicted molar refractivity (Wildman–Crippen MR) is 131 cm³/mol. The van der Waals surface area contributed by atoms with E-state index in [9.17, 15) is 8.42 Å². The molecule has 1 aliphatic heterocycles. The van der Waals surface area contributed by atoms with Crippen LogP contribution in [0, 0.1) is 13.8 Å². The Bertz CT molecular complexity index is 1140. The number of ether oxygens (including phenoxy) is 1. The van der Waals surface area contributed by atoms with E-state index < -0.39 is 10.0 Å². The Labute approximate surface area is 194 Å². The van der Waals surface area contributed by atoms with E-state index in [1.165, 1.54) is 26.6 Å². The van der Waals surface area contributed by atoms with Gasteiger partial charge in [0.05, 0.1) is 23.8 Å². The lowest BCUT2D eigenvalue weighted by molar-refractivity contribution is 0.0730. The fourth-order valence-electron chi connectivity index (χ4n) is 4.09. The van der Waals surface area contributed by atoms with E-state index in [2.05, 4.69) is 48.2 Å². The minimum Gasteiger partial charge on any atom is -0.379 e. The van der Waals surface area contributed by atoms with Crippen LogP contribution < -0.4 is 16.2 Å². The largest absolute Gasteiger partial charge is 0.379 e. The third kappa shape index (κ3) is 4.96. The third-order valence-corrected chi connectivity index (χ3v) is 7.80. The van der Waals surface area contributed by atoms with Crippen LogP contribution in [0.15, 0.2) is 47.4 Å². The topological polar surface area (TPSA) is 82.7 Å². The van der Waals surface area contributed by atoms with Crippen molar-refractivity contribution < 1.29 is 13.2 Å². The second-order valence-electron chi connectivity index (χ2n) is 8.01. The zero-order chi connectivity index (χ0) is 22.7. The maximum atomic E-state index is 12.7. The zero-order valence-electron chi connectivity index (χ0n) is 18.3. The third-order valence-electron chi connectivity index (χ3n) is 5.68. The van der Waals surface area contributed by atoms with E-state index in [1.54, 1.807) is 24.3 Å². The highest BCUT2D eigenvalue weighted by molar-refractivity contribution is 7.89. The Morgan fingerprint density at radius 1 is 1.09 bits per heavy atom. The molecule has 0 saturated carbocycles. The molecular formula is C23H28N4O3S2. The number of nitrogens with one attached hydrogen (secondary N) is 3. The van der Waals surface area contributed by atoms with Crippen molar-refractivity contribution in [2.45, 2.75) is 31.6 Å². The Kier molecular flexibility index (Phi) is 6.80. The normalized spacial score (nSPS) is 16.6. The first-order valence-electron chi connectivity index (χ1n) is 10.7. The Hall–Kier alpha value is -2.46. The van der Waals surface area contributed by atoms with Gasteiger partial charge < -0.3 is 10.1 Å². The van der Waals surface area contributed by atoms with Crippen molar-refractivity contribution in [3.63, 3.8) is 0 Å². The summed E-state index contributed by atoms with van der Waals surface area (Å²) in [6, 6.07) is 11.0. The number of fused-ring (bicyclic) bond motifs is 1. The number of aryl methyl sites for hydroxylation is 2. The quantitative estimate of drug-likeness (QED) is 0.456. The smallest absolute Gasteiger partial charge is 0.243 e. The Morgan fingerprint density at radius 2 is 1.81 bits per heavy atom. The van der Waals surface area contributed by atoms with Crippen LogP contribution in [-0.4, -0.2) is 44.1 Å². The summed E-state index contributed by atoms with van der Waals surface area (Å²) in [7, 11) is -3.51. The molecule has 0 spiro atoms. The van der Waals surface area contributed by atoms with Gasteiger partial charge in [0.1, 0.15) is 0 Å². The SMILES string of the molecule is Cc1cc(C)c2c(c1)C(NNC(=S)Nc1ccc(S(=O)(=O)N3CCOCC3)cc1)=CCC2. The monoisotopic (exact) mass is 472 g/mol. The number of hydrogen-bond donors (Lipinski definition) is 3. The fourth-order valence-corrected chi connectivity index (χ4v) is 5.67. The second-order valence-corrected chi connectivity index (χ2v) is 10.4. The molecule has 0 amide bonds. The van der Waals surface area contributed by atoms with Gasteiger partial charge >= 0.3 is 0 Å². The summed E-state index contributed by atoms with van der Waals surface area (Å²) in [4.78, 5) is 0.261.